The van der Waals surface area contributed by atoms with Crippen LogP contribution in [0.3, 0.4) is 0 Å². The fourth-order valence-electron chi connectivity index (χ4n) is 3.80. The molecule has 0 N–H and O–H groups in total. The second-order valence-electron chi connectivity index (χ2n) is 9.59. The van der Waals surface area contributed by atoms with E-state index in [1.807, 2.05) is 0 Å². The van der Waals surface area contributed by atoms with Crippen LogP contribution in [0.1, 0.15) is 136 Å². The second-order valence-corrected chi connectivity index (χ2v) is 9.59. The summed E-state index contributed by atoms with van der Waals surface area (Å²) in [6.07, 6.45) is 21.0. The van der Waals surface area contributed by atoms with Gasteiger partial charge in [0.15, 0.2) is 0 Å². The van der Waals surface area contributed by atoms with E-state index < -0.39 is 0 Å². The van der Waals surface area contributed by atoms with Crippen LogP contribution in [0.2, 0.25) is 0 Å². The van der Waals surface area contributed by atoms with Gasteiger partial charge < -0.3 is 14.2 Å². The van der Waals surface area contributed by atoms with Crippen LogP contribution >= 0.6 is 0 Å². The van der Waals surface area contributed by atoms with E-state index in [1.54, 1.807) is 7.11 Å². The molecule has 0 aromatic rings. The van der Waals surface area contributed by atoms with Crippen molar-refractivity contribution >= 4 is 11.9 Å². The van der Waals surface area contributed by atoms with Crippen molar-refractivity contribution in [1.29, 1.82) is 0 Å². The quantitative estimate of drug-likeness (QED) is 0.101. The number of rotatable bonds is 25. The number of carbonyl (C=O) groups is 2. The largest absolute Gasteiger partial charge is 0.466 e. The Kier molecular flexibility index (Phi) is 24.7. The third kappa shape index (κ3) is 25.4. The van der Waals surface area contributed by atoms with Crippen LogP contribution < -0.4 is 0 Å². The van der Waals surface area contributed by atoms with Crippen LogP contribution in [0.5, 0.6) is 0 Å². The minimum Gasteiger partial charge on any atom is -0.466 e. The average molecular weight is 471 g/mol. The normalized spacial score (nSPS) is 12.0. The molecule has 0 bridgehead atoms. The summed E-state index contributed by atoms with van der Waals surface area (Å²) >= 11 is 0. The van der Waals surface area contributed by atoms with E-state index >= 15 is 0 Å². The Morgan fingerprint density at radius 2 is 1.06 bits per heavy atom. The van der Waals surface area contributed by atoms with Crippen molar-refractivity contribution in [2.45, 2.75) is 136 Å². The number of methoxy groups -OCH3 is 1. The van der Waals surface area contributed by atoms with E-state index in [0.29, 0.717) is 38.6 Å². The van der Waals surface area contributed by atoms with Crippen molar-refractivity contribution in [3.8, 4) is 0 Å². The Hall–Kier alpha value is -1.10. The van der Waals surface area contributed by atoms with E-state index in [2.05, 4.69) is 13.8 Å². The van der Waals surface area contributed by atoms with Crippen LogP contribution in [0, 0.1) is 5.92 Å². The Morgan fingerprint density at radius 3 is 1.58 bits per heavy atom. The van der Waals surface area contributed by atoms with Gasteiger partial charge in [0.25, 0.3) is 0 Å². The Bertz CT molecular complexity index is 438. The fraction of sp³-hybridized carbons (Fsp3) is 0.929. The Labute approximate surface area is 204 Å². The third-order valence-electron chi connectivity index (χ3n) is 6.12. The summed E-state index contributed by atoms with van der Waals surface area (Å²) in [6.45, 7) is 6.09. The lowest BCUT2D eigenvalue weighted by Crippen LogP contribution is -2.13. The standard InChI is InChI=1S/C28H54O5/c1-4-5-6-7-8-9-10-13-16-19-23-32-27(29)20-17-14-11-12-15-18-21-28(30)33-25-26(2)22-24-31-3/h26H,4-25H2,1-3H3. The van der Waals surface area contributed by atoms with Crippen molar-refractivity contribution in [1.82, 2.24) is 0 Å². The van der Waals surface area contributed by atoms with E-state index in [1.165, 1.54) is 57.8 Å². The number of unbranched alkanes of at least 4 members (excludes halogenated alkanes) is 14. The summed E-state index contributed by atoms with van der Waals surface area (Å²) in [5.74, 6) is 0.202. The van der Waals surface area contributed by atoms with Crippen LogP contribution in [-0.4, -0.2) is 38.9 Å². The molecular formula is C28H54O5. The van der Waals surface area contributed by atoms with Gasteiger partial charge in [0.1, 0.15) is 0 Å². The monoisotopic (exact) mass is 470 g/mol. The molecule has 1 unspecified atom stereocenters. The molecule has 0 aliphatic heterocycles. The molecule has 0 aromatic carbocycles. The number of ether oxygens (including phenoxy) is 3. The highest BCUT2D eigenvalue weighted by atomic mass is 16.5. The zero-order valence-corrected chi connectivity index (χ0v) is 22.2. The molecular weight excluding hydrogens is 416 g/mol. The molecule has 0 heterocycles. The lowest BCUT2D eigenvalue weighted by molar-refractivity contribution is -0.145. The first kappa shape index (κ1) is 31.9. The van der Waals surface area contributed by atoms with Crippen LogP contribution in [0.4, 0.5) is 0 Å². The molecule has 0 amide bonds. The predicted octanol–water partition coefficient (Wildman–Crippen LogP) is 7.79. The molecule has 5 heteroatoms. The predicted molar refractivity (Wildman–Crippen MR) is 136 cm³/mol. The Morgan fingerprint density at radius 1 is 0.606 bits per heavy atom. The maximum absolute atomic E-state index is 11.8. The van der Waals surface area contributed by atoms with Gasteiger partial charge in [-0.25, -0.2) is 0 Å². The molecule has 0 saturated carbocycles. The molecule has 33 heavy (non-hydrogen) atoms. The van der Waals surface area contributed by atoms with E-state index in [-0.39, 0.29) is 11.9 Å². The first-order valence-electron chi connectivity index (χ1n) is 13.9. The van der Waals surface area contributed by atoms with Gasteiger partial charge in [0.2, 0.25) is 0 Å². The molecule has 0 rings (SSSR count). The fourth-order valence-corrected chi connectivity index (χ4v) is 3.80. The van der Waals surface area contributed by atoms with Crippen molar-refractivity contribution in [3.63, 3.8) is 0 Å². The zero-order chi connectivity index (χ0) is 24.4. The van der Waals surface area contributed by atoms with Gasteiger partial charge in [-0.3, -0.25) is 9.59 Å². The van der Waals surface area contributed by atoms with Crippen LogP contribution in [0.15, 0.2) is 0 Å². The molecule has 0 aromatic heterocycles. The van der Waals surface area contributed by atoms with Gasteiger partial charge in [-0.2, -0.15) is 0 Å². The Balaban J connectivity index is 3.30. The molecule has 1 atom stereocenters. The molecule has 0 spiro atoms. The van der Waals surface area contributed by atoms with Crippen molar-refractivity contribution in [2.24, 2.45) is 5.92 Å². The van der Waals surface area contributed by atoms with Gasteiger partial charge in [0.05, 0.1) is 13.2 Å². The maximum atomic E-state index is 11.8. The summed E-state index contributed by atoms with van der Waals surface area (Å²) in [4.78, 5) is 23.5. The number of hydrogen-bond acceptors (Lipinski definition) is 5. The topological polar surface area (TPSA) is 61.8 Å². The van der Waals surface area contributed by atoms with E-state index in [4.69, 9.17) is 14.2 Å². The van der Waals surface area contributed by atoms with Gasteiger partial charge in [-0.15, -0.1) is 0 Å². The van der Waals surface area contributed by atoms with Gasteiger partial charge in [-0.1, -0.05) is 97.3 Å². The van der Waals surface area contributed by atoms with Crippen molar-refractivity contribution in [3.05, 3.63) is 0 Å². The minimum atomic E-state index is -0.0931. The lowest BCUT2D eigenvalue weighted by Gasteiger charge is -2.11. The highest BCUT2D eigenvalue weighted by Gasteiger charge is 2.07. The van der Waals surface area contributed by atoms with E-state index in [0.717, 1.165) is 51.4 Å². The number of carbonyl (C=O) groups excluding carboxylic acids is 2. The maximum Gasteiger partial charge on any atom is 0.305 e. The summed E-state index contributed by atoms with van der Waals surface area (Å²) in [5, 5.41) is 0. The molecule has 0 saturated heterocycles. The third-order valence-corrected chi connectivity index (χ3v) is 6.12. The molecule has 0 aliphatic carbocycles. The zero-order valence-electron chi connectivity index (χ0n) is 22.2. The highest BCUT2D eigenvalue weighted by molar-refractivity contribution is 5.69. The average Bonchev–Trinajstić information content (AvgIpc) is 2.81. The van der Waals surface area contributed by atoms with Crippen molar-refractivity contribution < 1.29 is 23.8 Å². The van der Waals surface area contributed by atoms with Crippen LogP contribution in [-0.2, 0) is 23.8 Å². The van der Waals surface area contributed by atoms with E-state index in [9.17, 15) is 9.59 Å². The molecule has 0 radical (unpaired) electrons. The highest BCUT2D eigenvalue weighted by Crippen LogP contribution is 2.12. The lowest BCUT2D eigenvalue weighted by atomic mass is 10.1. The molecule has 0 fully saturated rings. The first-order valence-corrected chi connectivity index (χ1v) is 13.9. The SMILES string of the molecule is CCCCCCCCCCCCOC(=O)CCCCCCCCC(=O)OCC(C)CCOC. The first-order chi connectivity index (χ1) is 16.1. The summed E-state index contributed by atoms with van der Waals surface area (Å²) in [7, 11) is 1.68. The summed E-state index contributed by atoms with van der Waals surface area (Å²) in [6, 6.07) is 0. The van der Waals surface area contributed by atoms with Crippen LogP contribution in [0.25, 0.3) is 0 Å². The molecule has 5 nitrogen and oxygen atoms in total. The van der Waals surface area contributed by atoms with Crippen molar-refractivity contribution in [2.75, 3.05) is 26.9 Å². The number of hydrogen-bond donors (Lipinski definition) is 0. The van der Waals surface area contributed by atoms with Gasteiger partial charge in [-0.05, 0) is 31.6 Å². The summed E-state index contributed by atoms with van der Waals surface area (Å²) < 4.78 is 15.7. The molecule has 0 aliphatic rings. The second kappa shape index (κ2) is 25.5. The van der Waals surface area contributed by atoms with Gasteiger partial charge >= 0.3 is 11.9 Å². The minimum absolute atomic E-state index is 0.0478. The number of esters is 2. The smallest absolute Gasteiger partial charge is 0.305 e. The summed E-state index contributed by atoms with van der Waals surface area (Å²) in [5.41, 5.74) is 0. The molecule has 196 valence electrons. The van der Waals surface area contributed by atoms with Gasteiger partial charge in [0, 0.05) is 26.6 Å².